The summed E-state index contributed by atoms with van der Waals surface area (Å²) < 4.78 is 6.53. The third-order valence-electron chi connectivity index (χ3n) is 2.50. The van der Waals surface area contributed by atoms with Crippen LogP contribution < -0.4 is 10.1 Å². The molecule has 1 N–H and O–H groups in total. The van der Waals surface area contributed by atoms with Crippen LogP contribution in [0.2, 0.25) is 0 Å². The molecule has 0 spiro atoms. The van der Waals surface area contributed by atoms with Crippen LogP contribution in [0.3, 0.4) is 0 Å². The van der Waals surface area contributed by atoms with Crippen molar-refractivity contribution in [3.05, 3.63) is 28.7 Å². The molecule has 0 aliphatic heterocycles. The van der Waals surface area contributed by atoms with Crippen molar-refractivity contribution in [2.45, 2.75) is 39.3 Å². The van der Waals surface area contributed by atoms with Gasteiger partial charge in [-0.2, -0.15) is 0 Å². The van der Waals surface area contributed by atoms with Crippen molar-refractivity contribution in [3.8, 4) is 5.75 Å². The van der Waals surface area contributed by atoms with Gasteiger partial charge in [0.15, 0.2) is 6.10 Å². The zero-order chi connectivity index (χ0) is 12.8. The summed E-state index contributed by atoms with van der Waals surface area (Å²) in [7, 11) is 0. The first-order valence-corrected chi connectivity index (χ1v) is 6.54. The second kappa shape index (κ2) is 6.64. The van der Waals surface area contributed by atoms with E-state index in [0.717, 1.165) is 10.9 Å². The molecule has 0 saturated carbocycles. The lowest BCUT2D eigenvalue weighted by Gasteiger charge is -2.17. The van der Waals surface area contributed by atoms with Gasteiger partial charge in [0, 0.05) is 10.5 Å². The Labute approximate surface area is 111 Å². The number of hydrogen-bond acceptors (Lipinski definition) is 2. The summed E-state index contributed by atoms with van der Waals surface area (Å²) in [4.78, 5) is 11.7. The van der Waals surface area contributed by atoms with Gasteiger partial charge in [-0.25, -0.2) is 0 Å². The van der Waals surface area contributed by atoms with Crippen LogP contribution in [0.4, 0.5) is 0 Å². The van der Waals surface area contributed by atoms with Crippen molar-refractivity contribution >= 4 is 21.8 Å². The molecule has 0 bridgehead atoms. The highest BCUT2D eigenvalue weighted by Crippen LogP contribution is 2.17. The molecule has 0 radical (unpaired) electrons. The lowest BCUT2D eigenvalue weighted by Crippen LogP contribution is -2.40. The zero-order valence-corrected chi connectivity index (χ0v) is 12.0. The van der Waals surface area contributed by atoms with Crippen LogP contribution >= 0.6 is 15.9 Å². The number of ether oxygens (including phenoxy) is 1. The van der Waals surface area contributed by atoms with Gasteiger partial charge in [0.1, 0.15) is 5.75 Å². The Morgan fingerprint density at radius 2 is 1.94 bits per heavy atom. The Hall–Kier alpha value is -1.03. The molecule has 0 aliphatic carbocycles. The number of rotatable bonds is 5. The molecule has 17 heavy (non-hydrogen) atoms. The van der Waals surface area contributed by atoms with E-state index in [1.807, 2.05) is 38.1 Å². The predicted molar refractivity (Wildman–Crippen MR) is 72.1 cm³/mol. The van der Waals surface area contributed by atoms with E-state index in [9.17, 15) is 4.79 Å². The average Bonchev–Trinajstić information content (AvgIpc) is 2.31. The first-order valence-electron chi connectivity index (χ1n) is 5.75. The molecule has 1 rings (SSSR count). The van der Waals surface area contributed by atoms with Gasteiger partial charge in [-0.05, 0) is 44.5 Å². The van der Waals surface area contributed by atoms with Crippen molar-refractivity contribution in [2.24, 2.45) is 0 Å². The van der Waals surface area contributed by atoms with Gasteiger partial charge in [0.2, 0.25) is 0 Å². The maximum absolute atomic E-state index is 11.7. The minimum absolute atomic E-state index is 0.0812. The van der Waals surface area contributed by atoms with E-state index in [1.165, 1.54) is 0 Å². The normalized spacial score (nSPS) is 13.9. The van der Waals surface area contributed by atoms with Gasteiger partial charge in [0.25, 0.3) is 5.91 Å². The number of carbonyl (C=O) groups excluding carboxylic acids is 1. The maximum atomic E-state index is 11.7. The highest BCUT2D eigenvalue weighted by molar-refractivity contribution is 9.10. The first kappa shape index (κ1) is 14.0. The fourth-order valence-corrected chi connectivity index (χ4v) is 1.50. The van der Waals surface area contributed by atoms with Crippen molar-refractivity contribution in [1.29, 1.82) is 0 Å². The van der Waals surface area contributed by atoms with Gasteiger partial charge >= 0.3 is 0 Å². The maximum Gasteiger partial charge on any atom is 0.260 e. The fraction of sp³-hybridized carbons (Fsp3) is 0.462. The molecule has 0 aliphatic rings. The number of amides is 1. The topological polar surface area (TPSA) is 38.3 Å². The van der Waals surface area contributed by atoms with Crippen molar-refractivity contribution < 1.29 is 9.53 Å². The van der Waals surface area contributed by atoms with Crippen LogP contribution in [0, 0.1) is 0 Å². The largest absolute Gasteiger partial charge is 0.481 e. The molecule has 94 valence electrons. The number of halogens is 1. The van der Waals surface area contributed by atoms with Gasteiger partial charge in [-0.1, -0.05) is 22.9 Å². The minimum Gasteiger partial charge on any atom is -0.481 e. The zero-order valence-electron chi connectivity index (χ0n) is 10.4. The smallest absolute Gasteiger partial charge is 0.260 e. The Balaban J connectivity index is 2.51. The molecule has 1 aromatic rings. The quantitative estimate of drug-likeness (QED) is 0.907. The summed E-state index contributed by atoms with van der Waals surface area (Å²) >= 11 is 3.35. The molecule has 0 saturated heterocycles. The summed E-state index contributed by atoms with van der Waals surface area (Å²) in [5.74, 6) is 0.613. The van der Waals surface area contributed by atoms with Gasteiger partial charge in [-0.3, -0.25) is 4.79 Å². The molecule has 4 heteroatoms. The molecule has 1 amide bonds. The third kappa shape index (κ3) is 4.77. The third-order valence-corrected chi connectivity index (χ3v) is 3.03. The van der Waals surface area contributed by atoms with Gasteiger partial charge < -0.3 is 10.1 Å². The second-order valence-electron chi connectivity index (χ2n) is 4.03. The molecular formula is C13H18BrNO2. The molecule has 0 heterocycles. The van der Waals surface area contributed by atoms with Crippen LogP contribution in [0.15, 0.2) is 28.7 Å². The van der Waals surface area contributed by atoms with Crippen LogP contribution in [-0.4, -0.2) is 18.1 Å². The molecule has 0 aromatic heterocycles. The first-order chi connectivity index (χ1) is 8.02. The lowest BCUT2D eigenvalue weighted by atomic mass is 10.2. The summed E-state index contributed by atoms with van der Waals surface area (Å²) in [6.07, 6.45) is 0.432. The van der Waals surface area contributed by atoms with Crippen molar-refractivity contribution in [1.82, 2.24) is 5.32 Å². The van der Waals surface area contributed by atoms with E-state index >= 15 is 0 Å². The highest BCUT2D eigenvalue weighted by atomic mass is 79.9. The molecule has 2 atom stereocenters. The average molecular weight is 300 g/mol. The summed E-state index contributed by atoms with van der Waals surface area (Å²) in [6, 6.07) is 7.61. The van der Waals surface area contributed by atoms with E-state index in [0.29, 0.717) is 5.75 Å². The minimum atomic E-state index is -0.481. The Kier molecular flexibility index (Phi) is 5.48. The Bertz CT molecular complexity index is 364. The number of hydrogen-bond donors (Lipinski definition) is 1. The summed E-state index contributed by atoms with van der Waals surface area (Å²) in [6.45, 7) is 5.76. The SMILES string of the molecule is CC[C@@H](C)NC(=O)[C@H](C)Oc1ccc(Br)cc1. The van der Waals surface area contributed by atoms with Crippen molar-refractivity contribution in [3.63, 3.8) is 0 Å². The van der Waals surface area contributed by atoms with Crippen LogP contribution in [0.5, 0.6) is 5.75 Å². The van der Waals surface area contributed by atoms with Gasteiger partial charge in [-0.15, -0.1) is 0 Å². The highest BCUT2D eigenvalue weighted by Gasteiger charge is 2.15. The standard InChI is InChI=1S/C13H18BrNO2/c1-4-9(2)15-13(16)10(3)17-12-7-5-11(14)6-8-12/h5-10H,4H2,1-3H3,(H,15,16)/t9-,10+/m1/s1. The molecular weight excluding hydrogens is 282 g/mol. The van der Waals surface area contributed by atoms with E-state index < -0.39 is 6.10 Å². The Morgan fingerprint density at radius 1 is 1.35 bits per heavy atom. The van der Waals surface area contributed by atoms with E-state index in [-0.39, 0.29) is 11.9 Å². The van der Waals surface area contributed by atoms with Crippen LogP contribution in [-0.2, 0) is 4.79 Å². The van der Waals surface area contributed by atoms with E-state index in [2.05, 4.69) is 21.2 Å². The molecule has 1 aromatic carbocycles. The van der Waals surface area contributed by atoms with Crippen LogP contribution in [0.25, 0.3) is 0 Å². The van der Waals surface area contributed by atoms with Gasteiger partial charge in [0.05, 0.1) is 0 Å². The number of benzene rings is 1. The summed E-state index contributed by atoms with van der Waals surface area (Å²) in [5.41, 5.74) is 0. The summed E-state index contributed by atoms with van der Waals surface area (Å²) in [5, 5.41) is 2.89. The predicted octanol–water partition coefficient (Wildman–Crippen LogP) is 3.13. The molecule has 0 fully saturated rings. The van der Waals surface area contributed by atoms with Crippen LogP contribution in [0.1, 0.15) is 27.2 Å². The van der Waals surface area contributed by atoms with E-state index in [4.69, 9.17) is 4.74 Å². The second-order valence-corrected chi connectivity index (χ2v) is 4.95. The monoisotopic (exact) mass is 299 g/mol. The fourth-order valence-electron chi connectivity index (χ4n) is 1.23. The molecule has 3 nitrogen and oxygen atoms in total. The number of carbonyl (C=O) groups is 1. The van der Waals surface area contributed by atoms with Crippen molar-refractivity contribution in [2.75, 3.05) is 0 Å². The van der Waals surface area contributed by atoms with E-state index in [1.54, 1.807) is 6.92 Å². The lowest BCUT2D eigenvalue weighted by molar-refractivity contribution is -0.127. The Morgan fingerprint density at radius 3 is 2.47 bits per heavy atom. The molecule has 0 unspecified atom stereocenters. The number of nitrogens with one attached hydrogen (secondary N) is 1.